The molecule has 0 spiro atoms. The predicted molar refractivity (Wildman–Crippen MR) is 87.6 cm³/mol. The molecule has 1 rings (SSSR count). The van der Waals surface area contributed by atoms with Gasteiger partial charge in [0.1, 0.15) is 0 Å². The molecule has 0 aliphatic carbocycles. The van der Waals surface area contributed by atoms with Crippen molar-refractivity contribution in [2.45, 2.75) is 12.5 Å². The van der Waals surface area contributed by atoms with Crippen molar-refractivity contribution < 1.29 is 22.7 Å². The maximum absolute atomic E-state index is 12.6. The molecule has 0 aromatic heterocycles. The number of sulfone groups is 1. The zero-order valence-corrected chi connectivity index (χ0v) is 14.3. The summed E-state index contributed by atoms with van der Waals surface area (Å²) in [6, 6.07) is -0.485. The fourth-order valence-corrected chi connectivity index (χ4v) is 4.20. The van der Waals surface area contributed by atoms with E-state index in [9.17, 15) is 18.0 Å². The van der Waals surface area contributed by atoms with Gasteiger partial charge in [-0.1, -0.05) is 12.2 Å². The van der Waals surface area contributed by atoms with Crippen LogP contribution in [0.3, 0.4) is 0 Å². The molecule has 1 aliphatic rings. The van der Waals surface area contributed by atoms with Crippen molar-refractivity contribution in [3.8, 4) is 0 Å². The fourth-order valence-electron chi connectivity index (χ4n) is 2.47. The second kappa shape index (κ2) is 8.83. The Kier molecular flexibility index (Phi) is 7.44. The molecule has 0 radical (unpaired) electrons. The third-order valence-corrected chi connectivity index (χ3v) is 5.37. The van der Waals surface area contributed by atoms with Gasteiger partial charge in [0.05, 0.1) is 18.1 Å². The largest absolute Gasteiger partial charge is 0.383 e. The lowest BCUT2D eigenvalue weighted by molar-refractivity contribution is -0.152. The highest BCUT2D eigenvalue weighted by atomic mass is 32.2. The van der Waals surface area contributed by atoms with Gasteiger partial charge >= 0.3 is 11.8 Å². The Morgan fingerprint density at radius 2 is 1.83 bits per heavy atom. The lowest BCUT2D eigenvalue weighted by atomic mass is 10.2. The van der Waals surface area contributed by atoms with Crippen LogP contribution in [0.25, 0.3) is 0 Å². The summed E-state index contributed by atoms with van der Waals surface area (Å²) in [6.45, 7) is 7.98. The van der Waals surface area contributed by atoms with Gasteiger partial charge in [0, 0.05) is 32.8 Å². The molecule has 2 amide bonds. The first-order chi connectivity index (χ1) is 10.9. The van der Waals surface area contributed by atoms with E-state index in [0.29, 0.717) is 6.42 Å². The Morgan fingerprint density at radius 1 is 1.22 bits per heavy atom. The van der Waals surface area contributed by atoms with Crippen LogP contribution in [-0.2, 0) is 24.2 Å². The third kappa shape index (κ3) is 5.47. The van der Waals surface area contributed by atoms with Gasteiger partial charge in [0.15, 0.2) is 9.84 Å². The van der Waals surface area contributed by atoms with E-state index in [1.807, 2.05) is 0 Å². The first-order valence-electron chi connectivity index (χ1n) is 7.37. The maximum atomic E-state index is 12.6. The number of methoxy groups -OCH3 is 1. The summed E-state index contributed by atoms with van der Waals surface area (Å²) in [4.78, 5) is 27.6. The van der Waals surface area contributed by atoms with Crippen LogP contribution in [0.1, 0.15) is 6.42 Å². The van der Waals surface area contributed by atoms with Gasteiger partial charge in [0.25, 0.3) is 0 Å². The van der Waals surface area contributed by atoms with Crippen LogP contribution in [0, 0.1) is 0 Å². The summed E-state index contributed by atoms with van der Waals surface area (Å²) in [6.07, 6.45) is 3.39. The first kappa shape index (κ1) is 19.4. The number of amides is 2. The van der Waals surface area contributed by atoms with Gasteiger partial charge in [-0.25, -0.2) is 8.42 Å². The molecule has 0 aromatic rings. The molecular formula is C15H24N2O5S. The lowest BCUT2D eigenvalue weighted by Crippen LogP contribution is -2.50. The van der Waals surface area contributed by atoms with Crippen LogP contribution in [-0.4, -0.2) is 80.9 Å². The molecule has 0 N–H and O–H groups in total. The van der Waals surface area contributed by atoms with E-state index in [2.05, 4.69) is 13.2 Å². The van der Waals surface area contributed by atoms with E-state index in [1.54, 1.807) is 0 Å². The molecule has 0 aromatic carbocycles. The van der Waals surface area contributed by atoms with Gasteiger partial charge in [-0.3, -0.25) is 9.59 Å². The van der Waals surface area contributed by atoms with Crippen molar-refractivity contribution in [1.29, 1.82) is 0 Å². The Hall–Kier alpha value is -1.67. The molecule has 1 aliphatic heterocycles. The SMILES string of the molecule is C=CCN(CC=C)C(=O)C(=O)N(CCOC)C1CCS(=O)(=O)C1. The summed E-state index contributed by atoms with van der Waals surface area (Å²) in [7, 11) is -1.67. The number of carbonyl (C=O) groups is 2. The highest BCUT2D eigenvalue weighted by Crippen LogP contribution is 2.18. The van der Waals surface area contributed by atoms with Crippen molar-refractivity contribution in [2.75, 3.05) is 44.9 Å². The summed E-state index contributed by atoms with van der Waals surface area (Å²) >= 11 is 0. The van der Waals surface area contributed by atoms with Crippen LogP contribution in [0.15, 0.2) is 25.3 Å². The topological polar surface area (TPSA) is 84.0 Å². The number of hydrogen-bond donors (Lipinski definition) is 0. The molecule has 1 atom stereocenters. The number of nitrogens with zero attached hydrogens (tertiary/aromatic N) is 2. The van der Waals surface area contributed by atoms with Gasteiger partial charge < -0.3 is 14.5 Å². The highest BCUT2D eigenvalue weighted by molar-refractivity contribution is 7.91. The van der Waals surface area contributed by atoms with Gasteiger partial charge in [0.2, 0.25) is 0 Å². The number of carbonyl (C=O) groups excluding carboxylic acids is 2. The molecule has 1 heterocycles. The Balaban J connectivity index is 2.91. The van der Waals surface area contributed by atoms with E-state index in [0.717, 1.165) is 0 Å². The predicted octanol–water partition coefficient (Wildman–Crippen LogP) is -0.151. The zero-order valence-electron chi connectivity index (χ0n) is 13.4. The van der Waals surface area contributed by atoms with Crippen LogP contribution in [0.5, 0.6) is 0 Å². The van der Waals surface area contributed by atoms with Gasteiger partial charge in [-0.05, 0) is 6.42 Å². The van der Waals surface area contributed by atoms with Crippen molar-refractivity contribution in [3.63, 3.8) is 0 Å². The smallest absolute Gasteiger partial charge is 0.312 e. The van der Waals surface area contributed by atoms with Crippen molar-refractivity contribution >= 4 is 21.7 Å². The van der Waals surface area contributed by atoms with E-state index < -0.39 is 27.7 Å². The van der Waals surface area contributed by atoms with E-state index in [-0.39, 0.29) is 37.7 Å². The molecule has 23 heavy (non-hydrogen) atoms. The molecule has 1 saturated heterocycles. The summed E-state index contributed by atoms with van der Waals surface area (Å²) < 4.78 is 28.3. The molecule has 0 bridgehead atoms. The minimum atomic E-state index is -3.16. The maximum Gasteiger partial charge on any atom is 0.312 e. The molecular weight excluding hydrogens is 320 g/mol. The average molecular weight is 344 g/mol. The molecule has 1 fully saturated rings. The molecule has 0 saturated carbocycles. The molecule has 8 heteroatoms. The summed E-state index contributed by atoms with van der Waals surface area (Å²) in [5, 5.41) is 0. The van der Waals surface area contributed by atoms with E-state index >= 15 is 0 Å². The summed E-state index contributed by atoms with van der Waals surface area (Å²) in [5.41, 5.74) is 0. The van der Waals surface area contributed by atoms with E-state index in [1.165, 1.54) is 29.1 Å². The second-order valence-electron chi connectivity index (χ2n) is 5.34. The normalized spacial score (nSPS) is 19.1. The number of ether oxygens (including phenoxy) is 1. The monoisotopic (exact) mass is 344 g/mol. The third-order valence-electron chi connectivity index (χ3n) is 3.62. The minimum absolute atomic E-state index is 0.0334. The van der Waals surface area contributed by atoms with Crippen LogP contribution in [0.4, 0.5) is 0 Å². The van der Waals surface area contributed by atoms with Crippen LogP contribution in [0.2, 0.25) is 0 Å². The quantitative estimate of drug-likeness (QED) is 0.452. The Labute approximate surface area is 137 Å². The standard InChI is InChI=1S/C15H24N2O5S/c1-4-7-16(8-5-2)14(18)15(19)17(9-10-22-3)13-6-11-23(20,21)12-13/h4-5,13H,1-2,6-12H2,3H3. The van der Waals surface area contributed by atoms with Gasteiger partial charge in [-0.2, -0.15) is 0 Å². The molecule has 7 nitrogen and oxygen atoms in total. The fraction of sp³-hybridized carbons (Fsp3) is 0.600. The number of hydrogen-bond acceptors (Lipinski definition) is 5. The Bertz CT molecular complexity index is 548. The zero-order chi connectivity index (χ0) is 17.5. The highest BCUT2D eigenvalue weighted by Gasteiger charge is 2.37. The van der Waals surface area contributed by atoms with Crippen LogP contribution >= 0.6 is 0 Å². The van der Waals surface area contributed by atoms with Crippen molar-refractivity contribution in [1.82, 2.24) is 9.80 Å². The molecule has 1 unspecified atom stereocenters. The first-order valence-corrected chi connectivity index (χ1v) is 9.19. The molecule has 130 valence electrons. The Morgan fingerprint density at radius 3 is 2.26 bits per heavy atom. The second-order valence-corrected chi connectivity index (χ2v) is 7.56. The minimum Gasteiger partial charge on any atom is -0.383 e. The lowest BCUT2D eigenvalue weighted by Gasteiger charge is -2.29. The van der Waals surface area contributed by atoms with E-state index in [4.69, 9.17) is 4.74 Å². The van der Waals surface area contributed by atoms with Crippen LogP contribution < -0.4 is 0 Å². The van der Waals surface area contributed by atoms with Gasteiger partial charge in [-0.15, -0.1) is 13.2 Å². The average Bonchev–Trinajstić information content (AvgIpc) is 2.86. The summed E-state index contributed by atoms with van der Waals surface area (Å²) in [5.74, 6) is -1.48. The number of rotatable bonds is 8. The van der Waals surface area contributed by atoms with Crippen molar-refractivity contribution in [2.24, 2.45) is 0 Å². The van der Waals surface area contributed by atoms with Crippen molar-refractivity contribution in [3.05, 3.63) is 25.3 Å².